The molecule has 4 nitrogen and oxygen atoms in total. The van der Waals surface area contributed by atoms with E-state index in [9.17, 15) is 5.11 Å². The summed E-state index contributed by atoms with van der Waals surface area (Å²) in [5, 5.41) is 16.3. The average Bonchev–Trinajstić information content (AvgIpc) is 2.25. The normalized spacial score (nSPS) is 13.2. The first-order valence-corrected chi connectivity index (χ1v) is 6.51. The zero-order chi connectivity index (χ0) is 13.6. The van der Waals surface area contributed by atoms with Crippen LogP contribution in [0.15, 0.2) is 18.5 Å². The number of hydrogen-bond donors (Lipinski definition) is 3. The van der Waals surface area contributed by atoms with Gasteiger partial charge < -0.3 is 15.7 Å². The van der Waals surface area contributed by atoms with E-state index >= 15 is 0 Å². The molecule has 1 heterocycles. The number of hydrogen-bond acceptors (Lipinski definition) is 4. The van der Waals surface area contributed by atoms with Crippen molar-refractivity contribution in [1.82, 2.24) is 4.98 Å². The van der Waals surface area contributed by atoms with Crippen molar-refractivity contribution in [3.63, 3.8) is 0 Å². The van der Waals surface area contributed by atoms with Gasteiger partial charge in [0.2, 0.25) is 0 Å². The van der Waals surface area contributed by atoms with Gasteiger partial charge in [0.05, 0.1) is 29.9 Å². The van der Waals surface area contributed by atoms with Gasteiger partial charge in [-0.3, -0.25) is 4.98 Å². The highest BCUT2D eigenvalue weighted by Crippen LogP contribution is 2.21. The molecule has 0 fully saturated rings. The third kappa shape index (κ3) is 5.87. The van der Waals surface area contributed by atoms with Crippen molar-refractivity contribution in [1.29, 1.82) is 0 Å². The van der Waals surface area contributed by atoms with Gasteiger partial charge in [-0.25, -0.2) is 0 Å². The van der Waals surface area contributed by atoms with Crippen LogP contribution in [0.2, 0.25) is 0 Å². The number of aliphatic hydroxyl groups is 1. The topological polar surface area (TPSA) is 57.2 Å². The van der Waals surface area contributed by atoms with Crippen LogP contribution in [-0.4, -0.2) is 29.3 Å². The van der Waals surface area contributed by atoms with Gasteiger partial charge in [-0.2, -0.15) is 0 Å². The van der Waals surface area contributed by atoms with E-state index in [2.05, 4.69) is 36.4 Å². The standard InChI is InChI=1S/C14H25N3O/c1-5-16-11-6-12(9-15-8-11)17-10-13(18)7-14(2,3)4/h6,8-9,13,16-18H,5,7,10H2,1-4H3. The van der Waals surface area contributed by atoms with Crippen molar-refractivity contribution < 1.29 is 5.11 Å². The fourth-order valence-corrected chi connectivity index (χ4v) is 1.85. The molecule has 18 heavy (non-hydrogen) atoms. The van der Waals surface area contributed by atoms with Crippen molar-refractivity contribution in [3.05, 3.63) is 18.5 Å². The fourth-order valence-electron chi connectivity index (χ4n) is 1.85. The molecule has 0 bridgehead atoms. The van der Waals surface area contributed by atoms with Crippen LogP contribution in [-0.2, 0) is 0 Å². The fraction of sp³-hybridized carbons (Fsp3) is 0.643. The van der Waals surface area contributed by atoms with E-state index in [1.807, 2.05) is 13.0 Å². The van der Waals surface area contributed by atoms with E-state index in [1.165, 1.54) is 0 Å². The first-order chi connectivity index (χ1) is 8.40. The van der Waals surface area contributed by atoms with Gasteiger partial charge in [-0.05, 0) is 24.8 Å². The van der Waals surface area contributed by atoms with Gasteiger partial charge in [0, 0.05) is 13.1 Å². The Morgan fingerprint density at radius 2 is 1.83 bits per heavy atom. The Labute approximate surface area is 110 Å². The number of pyridine rings is 1. The average molecular weight is 251 g/mol. The third-order valence-corrected chi connectivity index (χ3v) is 2.51. The van der Waals surface area contributed by atoms with Crippen molar-refractivity contribution in [2.75, 3.05) is 23.7 Å². The molecule has 0 amide bonds. The quantitative estimate of drug-likeness (QED) is 0.727. The maximum Gasteiger partial charge on any atom is 0.0717 e. The van der Waals surface area contributed by atoms with Crippen molar-refractivity contribution in [2.45, 2.75) is 40.2 Å². The Balaban J connectivity index is 2.45. The van der Waals surface area contributed by atoms with Crippen LogP contribution in [0.5, 0.6) is 0 Å². The van der Waals surface area contributed by atoms with Crippen molar-refractivity contribution in [2.24, 2.45) is 5.41 Å². The Hall–Kier alpha value is -1.29. The van der Waals surface area contributed by atoms with E-state index in [0.717, 1.165) is 24.3 Å². The second-order valence-corrected chi connectivity index (χ2v) is 5.79. The molecule has 0 radical (unpaired) electrons. The van der Waals surface area contributed by atoms with Gasteiger partial charge in [0.25, 0.3) is 0 Å². The molecule has 0 saturated heterocycles. The summed E-state index contributed by atoms with van der Waals surface area (Å²) in [4.78, 5) is 4.15. The SMILES string of the molecule is CCNc1cncc(NCC(O)CC(C)(C)C)c1. The Bertz CT molecular complexity index is 360. The molecular formula is C14H25N3O. The van der Waals surface area contributed by atoms with Crippen LogP contribution >= 0.6 is 0 Å². The summed E-state index contributed by atoms with van der Waals surface area (Å²) >= 11 is 0. The van der Waals surface area contributed by atoms with Gasteiger partial charge in [-0.1, -0.05) is 20.8 Å². The molecule has 1 rings (SSSR count). The molecule has 1 unspecified atom stereocenters. The molecular weight excluding hydrogens is 226 g/mol. The maximum absolute atomic E-state index is 9.92. The van der Waals surface area contributed by atoms with Crippen molar-refractivity contribution in [3.8, 4) is 0 Å². The number of aliphatic hydroxyl groups excluding tert-OH is 1. The van der Waals surface area contributed by atoms with Crippen LogP contribution in [0, 0.1) is 5.41 Å². The first kappa shape index (κ1) is 14.8. The Morgan fingerprint density at radius 3 is 2.39 bits per heavy atom. The second-order valence-electron chi connectivity index (χ2n) is 5.79. The van der Waals surface area contributed by atoms with E-state index in [-0.39, 0.29) is 11.5 Å². The highest BCUT2D eigenvalue weighted by molar-refractivity contribution is 5.53. The molecule has 0 aliphatic rings. The molecule has 0 spiro atoms. The number of nitrogens with one attached hydrogen (secondary N) is 2. The molecule has 102 valence electrons. The van der Waals surface area contributed by atoms with Crippen LogP contribution in [0.25, 0.3) is 0 Å². The molecule has 0 aliphatic heterocycles. The lowest BCUT2D eigenvalue weighted by Gasteiger charge is -2.22. The van der Waals surface area contributed by atoms with Crippen LogP contribution < -0.4 is 10.6 Å². The minimum atomic E-state index is -0.340. The zero-order valence-electron chi connectivity index (χ0n) is 11.8. The number of nitrogens with zero attached hydrogens (tertiary/aromatic N) is 1. The van der Waals surface area contributed by atoms with E-state index in [0.29, 0.717) is 6.54 Å². The van der Waals surface area contributed by atoms with Crippen LogP contribution in [0.1, 0.15) is 34.1 Å². The smallest absolute Gasteiger partial charge is 0.0717 e. The van der Waals surface area contributed by atoms with E-state index < -0.39 is 0 Å². The molecule has 0 aromatic carbocycles. The van der Waals surface area contributed by atoms with Gasteiger partial charge >= 0.3 is 0 Å². The minimum absolute atomic E-state index is 0.144. The second kappa shape index (κ2) is 6.59. The molecule has 1 atom stereocenters. The highest BCUT2D eigenvalue weighted by atomic mass is 16.3. The summed E-state index contributed by atoms with van der Waals surface area (Å²) in [6, 6.07) is 2.00. The lowest BCUT2D eigenvalue weighted by atomic mass is 9.89. The number of aromatic nitrogens is 1. The summed E-state index contributed by atoms with van der Waals surface area (Å²) in [5.41, 5.74) is 2.07. The Morgan fingerprint density at radius 1 is 1.22 bits per heavy atom. The molecule has 3 N–H and O–H groups in total. The highest BCUT2D eigenvalue weighted by Gasteiger charge is 2.16. The van der Waals surface area contributed by atoms with E-state index in [1.54, 1.807) is 12.4 Å². The summed E-state index contributed by atoms with van der Waals surface area (Å²) in [6.07, 6.45) is 4.00. The van der Waals surface area contributed by atoms with Gasteiger partial charge in [0.15, 0.2) is 0 Å². The third-order valence-electron chi connectivity index (χ3n) is 2.51. The van der Waals surface area contributed by atoms with Crippen molar-refractivity contribution >= 4 is 11.4 Å². The minimum Gasteiger partial charge on any atom is -0.391 e. The number of rotatable bonds is 6. The summed E-state index contributed by atoms with van der Waals surface area (Å²) in [5.74, 6) is 0. The lowest BCUT2D eigenvalue weighted by Crippen LogP contribution is -2.25. The largest absolute Gasteiger partial charge is 0.391 e. The first-order valence-electron chi connectivity index (χ1n) is 6.51. The molecule has 0 aliphatic carbocycles. The van der Waals surface area contributed by atoms with Crippen LogP contribution in [0.4, 0.5) is 11.4 Å². The summed E-state index contributed by atoms with van der Waals surface area (Å²) in [6.45, 7) is 9.86. The van der Waals surface area contributed by atoms with Crippen LogP contribution in [0.3, 0.4) is 0 Å². The van der Waals surface area contributed by atoms with Gasteiger partial charge in [0.1, 0.15) is 0 Å². The van der Waals surface area contributed by atoms with Gasteiger partial charge in [-0.15, -0.1) is 0 Å². The predicted molar refractivity (Wildman–Crippen MR) is 77.0 cm³/mol. The lowest BCUT2D eigenvalue weighted by molar-refractivity contribution is 0.132. The summed E-state index contributed by atoms with van der Waals surface area (Å²) < 4.78 is 0. The number of anilines is 2. The maximum atomic E-state index is 9.92. The molecule has 1 aromatic rings. The monoisotopic (exact) mass is 251 g/mol. The molecule has 1 aromatic heterocycles. The zero-order valence-corrected chi connectivity index (χ0v) is 11.8. The predicted octanol–water partition coefficient (Wildman–Crippen LogP) is 2.72. The molecule has 4 heteroatoms. The Kier molecular flexibility index (Phi) is 5.41. The summed E-state index contributed by atoms with van der Waals surface area (Å²) in [7, 11) is 0. The molecule has 0 saturated carbocycles. The van der Waals surface area contributed by atoms with E-state index in [4.69, 9.17) is 0 Å².